The van der Waals surface area contributed by atoms with E-state index in [9.17, 15) is 9.59 Å². The van der Waals surface area contributed by atoms with Crippen molar-refractivity contribution < 1.29 is 14.7 Å². The molecule has 0 aliphatic heterocycles. The molecule has 0 atom stereocenters. The molecule has 0 radical (unpaired) electrons. The van der Waals surface area contributed by atoms with Gasteiger partial charge in [0.15, 0.2) is 0 Å². The highest BCUT2D eigenvalue weighted by molar-refractivity contribution is 7.99. The van der Waals surface area contributed by atoms with Crippen molar-refractivity contribution in [2.24, 2.45) is 0 Å². The van der Waals surface area contributed by atoms with Gasteiger partial charge < -0.3 is 15.0 Å². The number of nitrogens with one attached hydrogen (secondary N) is 1. The Morgan fingerprint density at radius 1 is 1.24 bits per heavy atom. The minimum absolute atomic E-state index is 0.0672. The lowest BCUT2D eigenvalue weighted by atomic mass is 10.2. The summed E-state index contributed by atoms with van der Waals surface area (Å²) in [5.41, 5.74) is 4.40. The van der Waals surface area contributed by atoms with Gasteiger partial charge in [-0.1, -0.05) is 12.1 Å². The summed E-state index contributed by atoms with van der Waals surface area (Å²) < 4.78 is 2.15. The summed E-state index contributed by atoms with van der Waals surface area (Å²) in [5.74, 6) is -0.291. The molecule has 2 aromatic rings. The van der Waals surface area contributed by atoms with Crippen LogP contribution in [0.4, 0.5) is 5.69 Å². The van der Waals surface area contributed by atoms with E-state index < -0.39 is 5.97 Å². The highest BCUT2D eigenvalue weighted by atomic mass is 32.2. The maximum Gasteiger partial charge on any atom is 0.313 e. The summed E-state index contributed by atoms with van der Waals surface area (Å²) in [6.45, 7) is 8.16. The number of thioether (sulfide) groups is 1. The zero-order chi connectivity index (χ0) is 18.6. The number of aryl methyl sites for hydroxylation is 1. The van der Waals surface area contributed by atoms with Gasteiger partial charge in [0.05, 0.1) is 11.3 Å². The Labute approximate surface area is 152 Å². The van der Waals surface area contributed by atoms with Crippen molar-refractivity contribution in [2.45, 2.75) is 39.5 Å². The lowest BCUT2D eigenvalue weighted by Gasteiger charge is -2.13. The molecule has 2 rings (SSSR count). The van der Waals surface area contributed by atoms with Crippen LogP contribution in [-0.4, -0.2) is 27.3 Å². The summed E-state index contributed by atoms with van der Waals surface area (Å²) in [6.07, 6.45) is 0. The third kappa shape index (κ3) is 4.89. The van der Waals surface area contributed by atoms with E-state index in [-0.39, 0.29) is 11.7 Å². The molecule has 0 saturated heterocycles. The van der Waals surface area contributed by atoms with Gasteiger partial charge in [0, 0.05) is 28.9 Å². The van der Waals surface area contributed by atoms with E-state index in [0.717, 1.165) is 17.0 Å². The lowest BCUT2D eigenvalue weighted by molar-refractivity contribution is -0.133. The van der Waals surface area contributed by atoms with E-state index in [1.807, 2.05) is 44.2 Å². The average Bonchev–Trinajstić information content (AvgIpc) is 2.82. The molecule has 25 heavy (non-hydrogen) atoms. The molecular weight excluding hydrogens is 336 g/mol. The van der Waals surface area contributed by atoms with Crippen LogP contribution in [0.2, 0.25) is 0 Å². The smallest absolute Gasteiger partial charge is 0.313 e. The van der Waals surface area contributed by atoms with E-state index >= 15 is 0 Å². The van der Waals surface area contributed by atoms with Crippen LogP contribution in [0.1, 0.15) is 47.2 Å². The molecule has 1 heterocycles. The third-order valence-electron chi connectivity index (χ3n) is 3.92. The van der Waals surface area contributed by atoms with Crippen molar-refractivity contribution in [3.05, 3.63) is 52.8 Å². The van der Waals surface area contributed by atoms with Crippen LogP contribution in [0.25, 0.3) is 0 Å². The van der Waals surface area contributed by atoms with Crippen molar-refractivity contribution in [3.8, 4) is 0 Å². The minimum atomic E-state index is -0.824. The zero-order valence-electron chi connectivity index (χ0n) is 15.0. The van der Waals surface area contributed by atoms with Crippen LogP contribution in [0.5, 0.6) is 0 Å². The number of carbonyl (C=O) groups excluding carboxylic acids is 1. The van der Waals surface area contributed by atoms with Crippen molar-refractivity contribution in [1.29, 1.82) is 0 Å². The number of hydrogen-bond acceptors (Lipinski definition) is 3. The Morgan fingerprint density at radius 3 is 2.56 bits per heavy atom. The predicted molar refractivity (Wildman–Crippen MR) is 102 cm³/mol. The van der Waals surface area contributed by atoms with Crippen LogP contribution in [0.3, 0.4) is 0 Å². The van der Waals surface area contributed by atoms with E-state index in [2.05, 4.69) is 23.7 Å². The minimum Gasteiger partial charge on any atom is -0.481 e. The molecule has 1 aromatic carbocycles. The molecule has 2 N–H and O–H groups in total. The van der Waals surface area contributed by atoms with Gasteiger partial charge in [-0.25, -0.2) is 0 Å². The second-order valence-electron chi connectivity index (χ2n) is 6.29. The summed E-state index contributed by atoms with van der Waals surface area (Å²) in [5, 5.41) is 11.6. The Morgan fingerprint density at radius 2 is 1.96 bits per heavy atom. The first-order valence-electron chi connectivity index (χ1n) is 8.18. The quantitative estimate of drug-likeness (QED) is 0.774. The first kappa shape index (κ1) is 19.1. The van der Waals surface area contributed by atoms with Crippen molar-refractivity contribution in [2.75, 3.05) is 11.1 Å². The Bertz CT molecular complexity index is 781. The highest BCUT2D eigenvalue weighted by Gasteiger charge is 2.17. The van der Waals surface area contributed by atoms with Gasteiger partial charge in [-0.15, -0.1) is 11.8 Å². The number of anilines is 1. The lowest BCUT2D eigenvalue weighted by Crippen LogP contribution is -2.14. The van der Waals surface area contributed by atoms with Crippen molar-refractivity contribution in [1.82, 2.24) is 4.57 Å². The summed E-state index contributed by atoms with van der Waals surface area (Å²) in [4.78, 5) is 23.2. The number of aliphatic carboxylic acids is 1. The number of carbonyl (C=O) groups is 2. The Kier molecular flexibility index (Phi) is 6.31. The molecule has 6 heteroatoms. The van der Waals surface area contributed by atoms with Crippen LogP contribution in [-0.2, 0) is 10.5 Å². The maximum absolute atomic E-state index is 12.6. The molecule has 5 nitrogen and oxygen atoms in total. The number of hydrogen-bond donors (Lipinski definition) is 2. The first-order chi connectivity index (χ1) is 11.8. The van der Waals surface area contributed by atoms with Crippen molar-refractivity contribution >= 4 is 29.3 Å². The molecule has 1 aromatic heterocycles. The SMILES string of the molecule is Cc1cc(C(=O)Nc2cccc(CSCC(=O)O)c2)c(C)n1C(C)C. The van der Waals surface area contributed by atoms with Crippen LogP contribution >= 0.6 is 11.8 Å². The zero-order valence-corrected chi connectivity index (χ0v) is 15.8. The van der Waals surface area contributed by atoms with Gasteiger partial charge in [0.2, 0.25) is 0 Å². The molecule has 0 aliphatic rings. The molecule has 0 fully saturated rings. The fourth-order valence-electron chi connectivity index (χ4n) is 3.00. The van der Waals surface area contributed by atoms with Crippen LogP contribution in [0.15, 0.2) is 30.3 Å². The number of aromatic nitrogens is 1. The Balaban J connectivity index is 2.11. The van der Waals surface area contributed by atoms with E-state index in [4.69, 9.17) is 5.11 Å². The molecule has 0 spiro atoms. The van der Waals surface area contributed by atoms with E-state index in [1.165, 1.54) is 11.8 Å². The van der Waals surface area contributed by atoms with E-state index in [1.54, 1.807) is 0 Å². The summed E-state index contributed by atoms with van der Waals surface area (Å²) in [6, 6.07) is 9.73. The normalized spacial score (nSPS) is 10.9. The topological polar surface area (TPSA) is 71.3 Å². The molecule has 0 bridgehead atoms. The number of rotatable bonds is 7. The van der Waals surface area contributed by atoms with Crippen molar-refractivity contribution in [3.63, 3.8) is 0 Å². The largest absolute Gasteiger partial charge is 0.481 e. The molecular formula is C19H24N2O3S. The predicted octanol–water partition coefficient (Wildman–Crippen LogP) is 4.26. The first-order valence-corrected chi connectivity index (χ1v) is 9.33. The van der Waals surface area contributed by atoms with Gasteiger partial charge in [-0.2, -0.15) is 0 Å². The molecule has 0 unspecified atom stereocenters. The molecule has 134 valence electrons. The van der Waals surface area contributed by atoms with Crippen LogP contribution in [0, 0.1) is 13.8 Å². The van der Waals surface area contributed by atoms with E-state index in [0.29, 0.717) is 23.0 Å². The van der Waals surface area contributed by atoms with Gasteiger partial charge in [0.1, 0.15) is 0 Å². The summed E-state index contributed by atoms with van der Waals surface area (Å²) >= 11 is 1.33. The standard InChI is InChI=1S/C19H24N2O3S/c1-12(2)21-13(3)8-17(14(21)4)19(24)20-16-7-5-6-15(9-16)10-25-11-18(22)23/h5-9,12H,10-11H2,1-4H3,(H,20,24)(H,22,23). The monoisotopic (exact) mass is 360 g/mol. The van der Waals surface area contributed by atoms with Gasteiger partial charge in [-0.05, 0) is 51.5 Å². The molecule has 0 saturated carbocycles. The number of carboxylic acid groups (broad SMARTS) is 1. The third-order valence-corrected chi connectivity index (χ3v) is 4.91. The second-order valence-corrected chi connectivity index (χ2v) is 7.28. The maximum atomic E-state index is 12.6. The fourth-order valence-corrected chi connectivity index (χ4v) is 3.69. The number of amides is 1. The van der Waals surface area contributed by atoms with Gasteiger partial charge >= 0.3 is 5.97 Å². The Hall–Kier alpha value is -2.21. The van der Waals surface area contributed by atoms with Gasteiger partial charge in [-0.3, -0.25) is 9.59 Å². The number of benzene rings is 1. The summed E-state index contributed by atoms with van der Waals surface area (Å²) in [7, 11) is 0. The average molecular weight is 360 g/mol. The number of nitrogens with zero attached hydrogens (tertiary/aromatic N) is 1. The molecule has 1 amide bonds. The number of carboxylic acids is 1. The fraction of sp³-hybridized carbons (Fsp3) is 0.368. The highest BCUT2D eigenvalue weighted by Crippen LogP contribution is 2.22. The molecule has 0 aliphatic carbocycles. The second kappa shape index (κ2) is 8.25. The van der Waals surface area contributed by atoms with Crippen LogP contribution < -0.4 is 5.32 Å². The van der Waals surface area contributed by atoms with Gasteiger partial charge in [0.25, 0.3) is 5.91 Å².